The lowest BCUT2D eigenvalue weighted by molar-refractivity contribution is -0.143. The Hall–Kier alpha value is -11.1. The van der Waals surface area contributed by atoms with E-state index >= 15 is 9.59 Å². The van der Waals surface area contributed by atoms with Crippen LogP contribution in [0.1, 0.15) is 47.1 Å². The number of hydrogen-bond acceptors (Lipinski definition) is 15. The number of nitrogens with two attached hydrogens (primary N) is 1. The van der Waals surface area contributed by atoms with Gasteiger partial charge in [-0.05, 0) is 83.1 Å². The van der Waals surface area contributed by atoms with Gasteiger partial charge in [0.2, 0.25) is 47.3 Å². The second kappa shape index (κ2) is 30.8. The molecular weight excluding hydrogens is 1220 g/mol. The highest BCUT2D eigenvalue weighted by Gasteiger charge is 2.41. The van der Waals surface area contributed by atoms with E-state index in [0.717, 1.165) is 10.9 Å². The third-order valence-corrected chi connectivity index (χ3v) is 16.4. The Bertz CT molecular complexity index is 4070. The van der Waals surface area contributed by atoms with E-state index in [9.17, 15) is 69.0 Å². The number of carbonyl (C=O) groups excluding carboxylic acids is 8. The van der Waals surface area contributed by atoms with Crippen LogP contribution in [-0.4, -0.2) is 184 Å². The number of likely N-dealkylation sites (tertiary alicyclic amines) is 1. The first kappa shape index (κ1) is 67.3. The van der Waals surface area contributed by atoms with Gasteiger partial charge in [-0.3, -0.25) is 43.2 Å². The highest BCUT2D eigenvalue weighted by Crippen LogP contribution is 2.25. The van der Waals surface area contributed by atoms with E-state index in [0.29, 0.717) is 49.6 Å². The molecule has 28 heteroatoms. The van der Waals surface area contributed by atoms with Crippen molar-refractivity contribution < 1.29 is 78.6 Å². The molecule has 0 saturated carbocycles. The van der Waals surface area contributed by atoms with Crippen LogP contribution in [0.2, 0.25) is 0 Å². The van der Waals surface area contributed by atoms with Gasteiger partial charge in [0.25, 0.3) is 0 Å². The minimum absolute atomic E-state index is 0.0353. The van der Waals surface area contributed by atoms with Crippen LogP contribution in [0.3, 0.4) is 0 Å². The molecule has 1 saturated heterocycles. The van der Waals surface area contributed by atoms with Gasteiger partial charge in [0.05, 0.1) is 19.6 Å². The molecular formula is C66H72N12O16. The van der Waals surface area contributed by atoms with Crippen molar-refractivity contribution in [1.82, 2.24) is 57.1 Å². The lowest BCUT2D eigenvalue weighted by atomic mass is 10.00. The zero-order valence-electron chi connectivity index (χ0n) is 50.5. The van der Waals surface area contributed by atoms with E-state index in [-0.39, 0.29) is 63.0 Å². The first-order valence-corrected chi connectivity index (χ1v) is 30.2. The van der Waals surface area contributed by atoms with Crippen LogP contribution in [0, 0.1) is 0 Å². The van der Waals surface area contributed by atoms with Crippen molar-refractivity contribution in [3.63, 3.8) is 0 Å². The Balaban J connectivity index is 0.978. The van der Waals surface area contributed by atoms with Crippen LogP contribution in [-0.2, 0) is 80.0 Å². The molecule has 5 aromatic carbocycles. The number of carbonyl (C=O) groups is 10. The number of phenols is 2. The number of rotatable bonds is 30. The van der Waals surface area contributed by atoms with Gasteiger partial charge in [-0.25, -0.2) is 4.79 Å². The molecule has 4 heterocycles. The molecule has 1 aliphatic heterocycles. The molecule has 0 bridgehead atoms. The maximum atomic E-state index is 15.3. The molecule has 9 rings (SSSR count). The Morgan fingerprint density at radius 2 is 0.840 bits per heavy atom. The van der Waals surface area contributed by atoms with Gasteiger partial charge >= 0.3 is 11.9 Å². The SMILES string of the molecule is N[C@@H](CO)C(=O)N[C@@H](CC(=O)O)C(=O)N[C@@H](Cc1c[nH]c2ccccc12)C(=O)N[C@@H](Cc1ccc(O)cc1)C(=O)N[C@@H](Cc1ccc(O)cc1)C(=O)N1CCC[C@H]1C(=O)N[C@@H](Cc1c[nH]c2ccccc12)C(=O)N[C@@H](CO)C(=O)N[C@@H](Cc1c[nH]c2ccccc12)C(=O)O. The summed E-state index contributed by atoms with van der Waals surface area (Å²) in [6.45, 7) is -1.87. The zero-order valence-corrected chi connectivity index (χ0v) is 50.5. The summed E-state index contributed by atoms with van der Waals surface area (Å²) in [5.74, 6) is -10.9. The smallest absolute Gasteiger partial charge is 0.326 e. The molecule has 1 fully saturated rings. The summed E-state index contributed by atoms with van der Waals surface area (Å²) in [5, 5.41) is 80.4. The summed E-state index contributed by atoms with van der Waals surface area (Å²) >= 11 is 0. The van der Waals surface area contributed by atoms with Gasteiger partial charge in [-0.15, -0.1) is 0 Å². The van der Waals surface area contributed by atoms with Crippen LogP contribution >= 0.6 is 0 Å². The maximum Gasteiger partial charge on any atom is 0.326 e. The summed E-state index contributed by atoms with van der Waals surface area (Å²) in [6.07, 6.45) is 2.98. The molecule has 492 valence electrons. The number of hydrogen-bond donors (Lipinski definition) is 17. The van der Waals surface area contributed by atoms with Crippen molar-refractivity contribution in [3.05, 3.63) is 168 Å². The van der Waals surface area contributed by atoms with Crippen LogP contribution in [0.5, 0.6) is 11.5 Å². The van der Waals surface area contributed by atoms with E-state index in [1.54, 1.807) is 91.4 Å². The number of carboxylic acid groups (broad SMARTS) is 2. The molecule has 1 aliphatic rings. The monoisotopic (exact) mass is 1290 g/mol. The van der Waals surface area contributed by atoms with Gasteiger partial charge in [0.1, 0.15) is 65.9 Å². The Labute approximate surface area is 536 Å². The molecule has 8 aromatic rings. The maximum absolute atomic E-state index is 15.3. The van der Waals surface area contributed by atoms with Crippen molar-refractivity contribution >= 4 is 91.9 Å². The number of nitrogens with zero attached hydrogens (tertiary/aromatic N) is 1. The standard InChI is InChI=1S/C66H72N12O16/c67-45(33-79)58(85)71-52(29-57(83)84)62(89)73-50(26-37-30-68-46-11-4-1-8-42(37)46)60(87)72-49(24-35-15-19-40(81)20-16-35)59(86)75-53(25-36-17-21-41(82)22-18-36)65(92)78-23-7-14-56(78)64(91)74-51(27-38-31-69-47-12-5-2-9-43(38)47)61(88)77-55(34-80)63(90)76-54(66(93)94)28-39-32-70-48-13-6-3-10-44(39)48/h1-6,8-13,15-22,30-32,45,49-56,68-70,79-82H,7,14,23-29,33-34,67H2,(H,71,85)(H,72,87)(H,73,89)(H,74,91)(H,75,86)(H,76,90)(H,77,88)(H,83,84)(H,93,94)/t45-,49-,50-,51-,52-,53-,54-,55-,56-/m0/s1. The Morgan fingerprint density at radius 1 is 0.457 bits per heavy atom. The number of para-hydroxylation sites is 3. The van der Waals surface area contributed by atoms with E-state index in [1.165, 1.54) is 53.4 Å². The van der Waals surface area contributed by atoms with Crippen molar-refractivity contribution in [1.29, 1.82) is 0 Å². The van der Waals surface area contributed by atoms with E-state index < -0.39 is 133 Å². The predicted molar refractivity (Wildman–Crippen MR) is 340 cm³/mol. The number of aliphatic hydroxyl groups excluding tert-OH is 2. The molecule has 94 heavy (non-hydrogen) atoms. The second-order valence-electron chi connectivity index (χ2n) is 23.0. The van der Waals surface area contributed by atoms with Crippen molar-refractivity contribution in [3.8, 4) is 11.5 Å². The lowest BCUT2D eigenvalue weighted by Gasteiger charge is -2.31. The fourth-order valence-electron chi connectivity index (χ4n) is 11.4. The molecule has 18 N–H and O–H groups in total. The summed E-state index contributed by atoms with van der Waals surface area (Å²) in [5.41, 5.74) is 10.2. The fraction of sp³-hybridized carbons (Fsp3) is 0.303. The van der Waals surface area contributed by atoms with Crippen LogP contribution < -0.4 is 43.0 Å². The largest absolute Gasteiger partial charge is 0.508 e. The number of amides is 8. The molecule has 8 amide bonds. The highest BCUT2D eigenvalue weighted by atomic mass is 16.4. The van der Waals surface area contributed by atoms with Gasteiger partial charge in [0, 0.05) is 89.9 Å². The van der Waals surface area contributed by atoms with Crippen LogP contribution in [0.15, 0.2) is 140 Å². The first-order valence-electron chi connectivity index (χ1n) is 30.2. The van der Waals surface area contributed by atoms with Gasteiger partial charge in [-0.1, -0.05) is 78.9 Å². The number of phenolic OH excluding ortho intramolecular Hbond substituents is 2. The number of aromatic nitrogens is 3. The molecule has 0 radical (unpaired) electrons. The number of carboxylic acids is 2. The van der Waals surface area contributed by atoms with E-state index in [1.807, 2.05) is 0 Å². The van der Waals surface area contributed by atoms with E-state index in [4.69, 9.17) is 5.73 Å². The third kappa shape index (κ3) is 16.9. The number of aliphatic carboxylic acids is 2. The van der Waals surface area contributed by atoms with Crippen molar-refractivity contribution in [2.45, 2.75) is 106 Å². The number of aromatic hydroxyl groups is 2. The number of aromatic amines is 3. The van der Waals surface area contributed by atoms with Gasteiger partial charge < -0.3 is 93.4 Å². The summed E-state index contributed by atoms with van der Waals surface area (Å²) in [7, 11) is 0. The van der Waals surface area contributed by atoms with Crippen LogP contribution in [0.4, 0.5) is 0 Å². The minimum atomic E-state index is -1.82. The van der Waals surface area contributed by atoms with E-state index in [2.05, 4.69) is 52.2 Å². The minimum Gasteiger partial charge on any atom is -0.508 e. The summed E-state index contributed by atoms with van der Waals surface area (Å²) < 4.78 is 0. The quantitative estimate of drug-likeness (QED) is 0.0288. The molecule has 9 atom stereocenters. The summed E-state index contributed by atoms with van der Waals surface area (Å²) in [4.78, 5) is 151. The molecule has 0 aliphatic carbocycles. The first-order chi connectivity index (χ1) is 45.2. The average molecular weight is 1290 g/mol. The van der Waals surface area contributed by atoms with Gasteiger partial charge in [-0.2, -0.15) is 0 Å². The highest BCUT2D eigenvalue weighted by molar-refractivity contribution is 6.00. The Morgan fingerprint density at radius 3 is 1.30 bits per heavy atom. The molecule has 3 aromatic heterocycles. The number of H-pyrrole nitrogens is 3. The van der Waals surface area contributed by atoms with Gasteiger partial charge in [0.15, 0.2) is 0 Å². The van der Waals surface area contributed by atoms with Crippen LogP contribution in [0.25, 0.3) is 32.7 Å². The lowest BCUT2D eigenvalue weighted by Crippen LogP contribution is -2.61. The number of fused-ring (bicyclic) bond motifs is 3. The molecule has 0 spiro atoms. The zero-order chi connectivity index (χ0) is 67.2. The number of aliphatic hydroxyl groups is 2. The second-order valence-corrected chi connectivity index (χ2v) is 23.0. The molecule has 28 nitrogen and oxygen atoms in total. The number of nitrogens with one attached hydrogen (secondary N) is 10. The number of benzene rings is 5. The topological polar surface area (TPSA) is 453 Å². The summed E-state index contributed by atoms with van der Waals surface area (Å²) in [6, 6.07) is 18.5. The van der Waals surface area contributed by atoms with Crippen molar-refractivity contribution in [2.75, 3.05) is 19.8 Å². The fourth-order valence-corrected chi connectivity index (χ4v) is 11.4. The van der Waals surface area contributed by atoms with Crippen molar-refractivity contribution in [2.24, 2.45) is 5.73 Å². The third-order valence-electron chi connectivity index (χ3n) is 16.4. The molecule has 0 unspecified atom stereocenters. The normalized spacial score (nSPS) is 15.5. The average Bonchev–Trinajstić information content (AvgIpc) is 1.81. The Kier molecular flexibility index (Phi) is 22.1. The predicted octanol–water partition coefficient (Wildman–Crippen LogP) is 0.311.